The highest BCUT2D eigenvalue weighted by molar-refractivity contribution is 7.07. The van der Waals surface area contributed by atoms with Crippen molar-refractivity contribution in [1.82, 2.24) is 19.8 Å². The van der Waals surface area contributed by atoms with Gasteiger partial charge < -0.3 is 14.8 Å². The second-order valence-electron chi connectivity index (χ2n) is 5.73. The SMILES string of the molecule is O=C(c1cscn1)N1CCN(C(=O)c2cc3ccccc3[nH]2)CC1. The van der Waals surface area contributed by atoms with Crippen molar-refractivity contribution < 1.29 is 9.59 Å². The summed E-state index contributed by atoms with van der Waals surface area (Å²) in [5, 5.41) is 2.78. The van der Waals surface area contributed by atoms with Crippen molar-refractivity contribution >= 4 is 34.1 Å². The number of carbonyl (C=O) groups excluding carboxylic acids is 2. The first-order chi connectivity index (χ1) is 11.7. The third kappa shape index (κ3) is 2.67. The maximum absolute atomic E-state index is 12.7. The van der Waals surface area contributed by atoms with Crippen LogP contribution >= 0.6 is 11.3 Å². The predicted octanol–water partition coefficient (Wildman–Crippen LogP) is 2.22. The van der Waals surface area contributed by atoms with Gasteiger partial charge in [0.15, 0.2) is 0 Å². The van der Waals surface area contributed by atoms with Gasteiger partial charge in [-0.25, -0.2) is 4.98 Å². The molecule has 1 fully saturated rings. The maximum Gasteiger partial charge on any atom is 0.273 e. The number of carbonyl (C=O) groups is 2. The first-order valence-electron chi connectivity index (χ1n) is 7.77. The summed E-state index contributed by atoms with van der Waals surface area (Å²) in [6.07, 6.45) is 0. The standard InChI is InChI=1S/C17H16N4O2S/c22-16(14-9-12-3-1-2-4-13(12)19-14)20-5-7-21(8-6-20)17(23)15-10-24-11-18-15/h1-4,9-11,19H,5-8H2. The average molecular weight is 340 g/mol. The molecule has 1 aliphatic heterocycles. The number of thiazole rings is 1. The van der Waals surface area contributed by atoms with Crippen molar-refractivity contribution in [1.29, 1.82) is 0 Å². The summed E-state index contributed by atoms with van der Waals surface area (Å²) >= 11 is 1.41. The van der Waals surface area contributed by atoms with E-state index in [1.165, 1.54) is 11.3 Å². The van der Waals surface area contributed by atoms with Crippen LogP contribution in [0.15, 0.2) is 41.2 Å². The first-order valence-corrected chi connectivity index (χ1v) is 8.71. The smallest absolute Gasteiger partial charge is 0.273 e. The number of para-hydroxylation sites is 1. The van der Waals surface area contributed by atoms with E-state index in [1.54, 1.807) is 20.7 Å². The lowest BCUT2D eigenvalue weighted by atomic mass is 10.2. The molecule has 1 saturated heterocycles. The number of H-pyrrole nitrogens is 1. The molecule has 0 bridgehead atoms. The molecule has 0 aliphatic carbocycles. The fourth-order valence-electron chi connectivity index (χ4n) is 2.95. The fraction of sp³-hybridized carbons (Fsp3) is 0.235. The van der Waals surface area contributed by atoms with Crippen LogP contribution in [0.3, 0.4) is 0 Å². The summed E-state index contributed by atoms with van der Waals surface area (Å²) in [5.74, 6) is -0.0825. The predicted molar refractivity (Wildman–Crippen MR) is 92.2 cm³/mol. The van der Waals surface area contributed by atoms with Gasteiger partial charge in [0.1, 0.15) is 11.4 Å². The van der Waals surface area contributed by atoms with Gasteiger partial charge in [-0.05, 0) is 12.1 Å². The van der Waals surface area contributed by atoms with E-state index in [1.807, 2.05) is 30.3 Å². The summed E-state index contributed by atoms with van der Waals surface area (Å²) in [6.45, 7) is 2.12. The van der Waals surface area contributed by atoms with Crippen molar-refractivity contribution in [2.75, 3.05) is 26.2 Å². The molecule has 0 saturated carbocycles. The number of fused-ring (bicyclic) bond motifs is 1. The summed E-state index contributed by atoms with van der Waals surface area (Å²) in [4.78, 5) is 35.7. The van der Waals surface area contributed by atoms with Gasteiger partial charge in [-0.3, -0.25) is 9.59 Å². The zero-order chi connectivity index (χ0) is 16.5. The average Bonchev–Trinajstić information content (AvgIpc) is 3.30. The molecule has 7 heteroatoms. The minimum absolute atomic E-state index is 0.0213. The molecule has 0 atom stereocenters. The number of amides is 2. The van der Waals surface area contributed by atoms with E-state index < -0.39 is 0 Å². The van der Waals surface area contributed by atoms with Crippen LogP contribution in [0.5, 0.6) is 0 Å². The maximum atomic E-state index is 12.7. The van der Waals surface area contributed by atoms with Crippen molar-refractivity contribution in [3.05, 3.63) is 52.6 Å². The molecule has 0 radical (unpaired) electrons. The van der Waals surface area contributed by atoms with Gasteiger partial charge in [-0.1, -0.05) is 18.2 Å². The highest BCUT2D eigenvalue weighted by atomic mass is 32.1. The lowest BCUT2D eigenvalue weighted by molar-refractivity contribution is 0.0530. The third-order valence-corrected chi connectivity index (χ3v) is 4.85. The first kappa shape index (κ1) is 14.9. The molecular weight excluding hydrogens is 324 g/mol. The second kappa shape index (κ2) is 6.09. The Bertz CT molecular complexity index is 846. The molecule has 24 heavy (non-hydrogen) atoms. The fourth-order valence-corrected chi connectivity index (χ4v) is 3.48. The Balaban J connectivity index is 1.43. The molecule has 122 valence electrons. The molecule has 6 nitrogen and oxygen atoms in total. The lowest BCUT2D eigenvalue weighted by Crippen LogP contribution is -2.50. The number of rotatable bonds is 2. The van der Waals surface area contributed by atoms with E-state index in [0.29, 0.717) is 37.6 Å². The molecule has 1 aliphatic rings. The molecule has 2 amide bonds. The minimum Gasteiger partial charge on any atom is -0.351 e. The Morgan fingerprint density at radius 3 is 2.42 bits per heavy atom. The zero-order valence-electron chi connectivity index (χ0n) is 12.9. The molecule has 2 aromatic heterocycles. The van der Waals surface area contributed by atoms with Gasteiger partial charge >= 0.3 is 0 Å². The normalized spacial score (nSPS) is 15.0. The van der Waals surface area contributed by atoms with Crippen molar-refractivity contribution in [3.8, 4) is 0 Å². The van der Waals surface area contributed by atoms with Gasteiger partial charge in [0.05, 0.1) is 5.51 Å². The zero-order valence-corrected chi connectivity index (χ0v) is 13.8. The van der Waals surface area contributed by atoms with Crippen molar-refractivity contribution in [2.24, 2.45) is 0 Å². The van der Waals surface area contributed by atoms with E-state index in [2.05, 4.69) is 9.97 Å². The molecule has 3 heterocycles. The van der Waals surface area contributed by atoms with Crippen LogP contribution in [-0.4, -0.2) is 57.8 Å². The number of nitrogens with one attached hydrogen (secondary N) is 1. The highest BCUT2D eigenvalue weighted by Gasteiger charge is 2.26. The summed E-state index contributed by atoms with van der Waals surface area (Å²) in [5.41, 5.74) is 3.69. The number of aromatic amines is 1. The van der Waals surface area contributed by atoms with Gasteiger partial charge in [0.25, 0.3) is 11.8 Å². The Labute approximate surface area is 142 Å². The lowest BCUT2D eigenvalue weighted by Gasteiger charge is -2.34. The number of benzene rings is 1. The van der Waals surface area contributed by atoms with Crippen LogP contribution < -0.4 is 0 Å². The monoisotopic (exact) mass is 340 g/mol. The van der Waals surface area contributed by atoms with Crippen LogP contribution in [0.1, 0.15) is 21.0 Å². The van der Waals surface area contributed by atoms with E-state index in [9.17, 15) is 9.59 Å². The Morgan fingerprint density at radius 2 is 1.75 bits per heavy atom. The van der Waals surface area contributed by atoms with E-state index in [0.717, 1.165) is 10.9 Å². The second-order valence-corrected chi connectivity index (χ2v) is 6.45. The molecule has 0 spiro atoms. The summed E-state index contributed by atoms with van der Waals surface area (Å²) in [7, 11) is 0. The molecule has 1 aromatic carbocycles. The van der Waals surface area contributed by atoms with Gasteiger partial charge in [-0.2, -0.15) is 0 Å². The quantitative estimate of drug-likeness (QED) is 0.778. The summed E-state index contributed by atoms with van der Waals surface area (Å²) < 4.78 is 0. The summed E-state index contributed by atoms with van der Waals surface area (Å²) in [6, 6.07) is 9.71. The Morgan fingerprint density at radius 1 is 1.04 bits per heavy atom. The van der Waals surface area contributed by atoms with Crippen LogP contribution in [0.2, 0.25) is 0 Å². The highest BCUT2D eigenvalue weighted by Crippen LogP contribution is 2.17. The minimum atomic E-state index is -0.0611. The van der Waals surface area contributed by atoms with E-state index in [4.69, 9.17) is 0 Å². The van der Waals surface area contributed by atoms with Gasteiger partial charge in [-0.15, -0.1) is 11.3 Å². The number of hydrogen-bond donors (Lipinski definition) is 1. The number of nitrogens with zero attached hydrogens (tertiary/aromatic N) is 3. The molecule has 3 aromatic rings. The van der Waals surface area contributed by atoms with E-state index >= 15 is 0 Å². The van der Waals surface area contributed by atoms with Gasteiger partial charge in [0.2, 0.25) is 0 Å². The largest absolute Gasteiger partial charge is 0.351 e. The third-order valence-electron chi connectivity index (χ3n) is 4.27. The van der Waals surface area contributed by atoms with Crippen LogP contribution in [-0.2, 0) is 0 Å². The van der Waals surface area contributed by atoms with Crippen LogP contribution in [0, 0.1) is 0 Å². The molecule has 1 N–H and O–H groups in total. The van der Waals surface area contributed by atoms with Gasteiger partial charge in [0, 0.05) is 42.5 Å². The number of aromatic nitrogens is 2. The van der Waals surface area contributed by atoms with Crippen LogP contribution in [0.25, 0.3) is 10.9 Å². The molecule has 0 unspecified atom stereocenters. The Kier molecular flexibility index (Phi) is 3.78. The van der Waals surface area contributed by atoms with Crippen LogP contribution in [0.4, 0.5) is 0 Å². The molecular formula is C17H16N4O2S. The molecule has 4 rings (SSSR count). The number of piperazine rings is 1. The van der Waals surface area contributed by atoms with E-state index in [-0.39, 0.29) is 11.8 Å². The number of hydrogen-bond acceptors (Lipinski definition) is 4. The Hall–Kier alpha value is -2.67. The topological polar surface area (TPSA) is 69.3 Å². The van der Waals surface area contributed by atoms with Crippen molar-refractivity contribution in [3.63, 3.8) is 0 Å². The van der Waals surface area contributed by atoms with Crippen molar-refractivity contribution in [2.45, 2.75) is 0 Å².